The van der Waals surface area contributed by atoms with Crippen LogP contribution in [0.2, 0.25) is 0 Å². The van der Waals surface area contributed by atoms with E-state index in [0.29, 0.717) is 12.3 Å². The molecule has 0 aliphatic carbocycles. The van der Waals surface area contributed by atoms with E-state index >= 15 is 0 Å². The van der Waals surface area contributed by atoms with Crippen molar-refractivity contribution in [2.45, 2.75) is 19.9 Å². The molecule has 0 spiro atoms. The molecule has 0 radical (unpaired) electrons. The lowest BCUT2D eigenvalue weighted by molar-refractivity contribution is -0.385. The predicted octanol–water partition coefficient (Wildman–Crippen LogP) is 2.65. The number of amides is 1. The zero-order valence-electron chi connectivity index (χ0n) is 12.1. The van der Waals surface area contributed by atoms with Crippen LogP contribution in [0.5, 0.6) is 0 Å². The van der Waals surface area contributed by atoms with Crippen molar-refractivity contribution >= 4 is 29.0 Å². The third-order valence-electron chi connectivity index (χ3n) is 2.69. The molecule has 1 unspecified atom stereocenters. The van der Waals surface area contributed by atoms with Crippen LogP contribution < -0.4 is 10.6 Å². The van der Waals surface area contributed by atoms with Crippen LogP contribution in [0.15, 0.2) is 12.1 Å². The van der Waals surface area contributed by atoms with E-state index in [1.165, 1.54) is 6.07 Å². The van der Waals surface area contributed by atoms with Crippen LogP contribution >= 0.6 is 11.8 Å². The van der Waals surface area contributed by atoms with Gasteiger partial charge in [0.05, 0.1) is 16.7 Å². The highest BCUT2D eigenvalue weighted by atomic mass is 32.2. The lowest BCUT2D eigenvalue weighted by atomic mass is 10.1. The lowest BCUT2D eigenvalue weighted by Crippen LogP contribution is -2.34. The molecular weight excluding hydrogens is 297 g/mol. The van der Waals surface area contributed by atoms with Gasteiger partial charge in [-0.25, -0.2) is 4.39 Å². The number of rotatable bonds is 7. The Balaban J connectivity index is 3.15. The van der Waals surface area contributed by atoms with E-state index in [0.717, 1.165) is 6.07 Å². The number of thioether (sulfide) groups is 1. The zero-order valence-corrected chi connectivity index (χ0v) is 12.9. The highest BCUT2D eigenvalue weighted by molar-refractivity contribution is 7.98. The number of halogens is 1. The average Bonchev–Trinajstić information content (AvgIpc) is 2.40. The van der Waals surface area contributed by atoms with Gasteiger partial charge in [-0.1, -0.05) is 0 Å². The summed E-state index contributed by atoms with van der Waals surface area (Å²) in [5.41, 5.74) is -0.612. The summed E-state index contributed by atoms with van der Waals surface area (Å²) in [5, 5.41) is 16.4. The molecule has 8 heteroatoms. The zero-order chi connectivity index (χ0) is 16.0. The summed E-state index contributed by atoms with van der Waals surface area (Å²) in [7, 11) is 0. The normalized spacial score (nSPS) is 11.8. The molecule has 0 fully saturated rings. The van der Waals surface area contributed by atoms with Gasteiger partial charge in [-0.3, -0.25) is 14.9 Å². The summed E-state index contributed by atoms with van der Waals surface area (Å²) >= 11 is 1.55. The van der Waals surface area contributed by atoms with Crippen molar-refractivity contribution in [3.63, 3.8) is 0 Å². The summed E-state index contributed by atoms with van der Waals surface area (Å²) < 4.78 is 13.7. The van der Waals surface area contributed by atoms with Gasteiger partial charge in [-0.2, -0.15) is 11.8 Å². The van der Waals surface area contributed by atoms with Gasteiger partial charge in [0.15, 0.2) is 5.82 Å². The molecule has 2 N–H and O–H groups in total. The third-order valence-corrected chi connectivity index (χ3v) is 3.52. The van der Waals surface area contributed by atoms with Crippen molar-refractivity contribution in [2.75, 3.05) is 23.9 Å². The Bertz CT molecular complexity index is 540. The monoisotopic (exact) mass is 315 g/mol. The number of hydrogen-bond donors (Lipinski definition) is 2. The fraction of sp³-hybridized carbons (Fsp3) is 0.462. The van der Waals surface area contributed by atoms with Crippen molar-refractivity contribution in [1.29, 1.82) is 0 Å². The Morgan fingerprint density at radius 2 is 2.19 bits per heavy atom. The molecule has 0 bridgehead atoms. The maximum absolute atomic E-state index is 13.7. The maximum Gasteiger partial charge on any atom is 0.285 e. The Labute approximate surface area is 126 Å². The lowest BCUT2D eigenvalue weighted by Gasteiger charge is -2.14. The predicted molar refractivity (Wildman–Crippen MR) is 82.5 cm³/mol. The number of carbonyl (C=O) groups is 1. The van der Waals surface area contributed by atoms with Gasteiger partial charge >= 0.3 is 0 Å². The van der Waals surface area contributed by atoms with Gasteiger partial charge in [-0.05, 0) is 26.2 Å². The minimum Gasteiger partial charge on any atom is -0.383 e. The molecule has 21 heavy (non-hydrogen) atoms. The van der Waals surface area contributed by atoms with E-state index in [1.807, 2.05) is 6.26 Å². The molecule has 1 amide bonds. The Morgan fingerprint density at radius 3 is 2.71 bits per heavy atom. The van der Waals surface area contributed by atoms with Crippen molar-refractivity contribution in [3.8, 4) is 0 Å². The summed E-state index contributed by atoms with van der Waals surface area (Å²) in [4.78, 5) is 22.4. The van der Waals surface area contributed by atoms with E-state index in [1.54, 1.807) is 25.6 Å². The molecule has 116 valence electrons. The van der Waals surface area contributed by atoms with Crippen molar-refractivity contribution in [3.05, 3.63) is 33.6 Å². The van der Waals surface area contributed by atoms with Crippen LogP contribution in [0.4, 0.5) is 15.8 Å². The summed E-state index contributed by atoms with van der Waals surface area (Å²) in [6.07, 6.45) is 1.90. The van der Waals surface area contributed by atoms with Gasteiger partial charge in [-0.15, -0.1) is 0 Å². The average molecular weight is 315 g/mol. The topological polar surface area (TPSA) is 84.3 Å². The minimum absolute atomic E-state index is 0.0748. The van der Waals surface area contributed by atoms with Gasteiger partial charge in [0.2, 0.25) is 0 Å². The van der Waals surface area contributed by atoms with Gasteiger partial charge in [0.1, 0.15) is 5.56 Å². The number of hydrogen-bond acceptors (Lipinski definition) is 5. The molecular formula is C13H18FN3O3S. The molecule has 0 saturated carbocycles. The molecule has 6 nitrogen and oxygen atoms in total. The SMILES string of the molecule is CCNc1cc(C(=O)NC(C)CSC)c([N+](=O)[O-])cc1F. The van der Waals surface area contributed by atoms with Crippen molar-refractivity contribution in [1.82, 2.24) is 5.32 Å². The first-order chi connectivity index (χ1) is 9.90. The van der Waals surface area contributed by atoms with E-state index < -0.39 is 22.3 Å². The first-order valence-corrected chi connectivity index (χ1v) is 7.81. The maximum atomic E-state index is 13.7. The second-order valence-corrected chi connectivity index (χ2v) is 5.38. The third kappa shape index (κ3) is 4.59. The molecule has 1 atom stereocenters. The molecule has 0 heterocycles. The van der Waals surface area contributed by atoms with E-state index in [2.05, 4.69) is 10.6 Å². The summed E-state index contributed by atoms with van der Waals surface area (Å²) in [6.45, 7) is 4.01. The Kier molecular flexibility index (Phi) is 6.41. The van der Waals surface area contributed by atoms with Crippen LogP contribution in [-0.4, -0.2) is 35.4 Å². The van der Waals surface area contributed by atoms with Crippen LogP contribution in [-0.2, 0) is 0 Å². The first-order valence-electron chi connectivity index (χ1n) is 6.42. The number of nitro benzene ring substituents is 1. The van der Waals surface area contributed by atoms with Crippen molar-refractivity contribution in [2.24, 2.45) is 0 Å². The van der Waals surface area contributed by atoms with Crippen LogP contribution in [0.3, 0.4) is 0 Å². The van der Waals surface area contributed by atoms with Crippen LogP contribution in [0.25, 0.3) is 0 Å². The van der Waals surface area contributed by atoms with E-state index in [-0.39, 0.29) is 17.3 Å². The summed E-state index contributed by atoms with van der Waals surface area (Å²) in [6, 6.07) is 1.81. The number of carbonyl (C=O) groups excluding carboxylic acids is 1. The molecule has 0 aromatic heterocycles. The van der Waals surface area contributed by atoms with Crippen LogP contribution in [0, 0.1) is 15.9 Å². The van der Waals surface area contributed by atoms with Crippen molar-refractivity contribution < 1.29 is 14.1 Å². The molecule has 0 aliphatic rings. The van der Waals surface area contributed by atoms with Crippen LogP contribution in [0.1, 0.15) is 24.2 Å². The highest BCUT2D eigenvalue weighted by Crippen LogP contribution is 2.26. The smallest absolute Gasteiger partial charge is 0.285 e. The highest BCUT2D eigenvalue weighted by Gasteiger charge is 2.24. The number of anilines is 1. The van der Waals surface area contributed by atoms with Gasteiger partial charge in [0.25, 0.3) is 11.6 Å². The minimum atomic E-state index is -0.757. The number of benzene rings is 1. The summed E-state index contributed by atoms with van der Waals surface area (Å²) in [5.74, 6) is -0.652. The Hall–Kier alpha value is -1.83. The fourth-order valence-electron chi connectivity index (χ4n) is 1.81. The number of nitrogens with zero attached hydrogens (tertiary/aromatic N) is 1. The fourth-order valence-corrected chi connectivity index (χ4v) is 2.40. The second-order valence-electron chi connectivity index (χ2n) is 4.47. The molecule has 0 saturated heterocycles. The Morgan fingerprint density at radius 1 is 1.52 bits per heavy atom. The molecule has 1 rings (SSSR count). The first kappa shape index (κ1) is 17.2. The van der Waals surface area contributed by atoms with E-state index in [9.17, 15) is 19.3 Å². The number of nitro groups is 1. The standard InChI is InChI=1S/C13H18FN3O3S/c1-4-15-11-5-9(12(17(19)20)6-10(11)14)13(18)16-8(2)7-21-3/h5-6,8,15H,4,7H2,1-3H3,(H,16,18). The van der Waals surface area contributed by atoms with E-state index in [4.69, 9.17) is 0 Å². The number of nitrogens with one attached hydrogen (secondary N) is 2. The molecule has 1 aromatic carbocycles. The van der Waals surface area contributed by atoms with Gasteiger partial charge in [0, 0.05) is 18.3 Å². The second kappa shape index (κ2) is 7.82. The molecule has 0 aliphatic heterocycles. The largest absolute Gasteiger partial charge is 0.383 e. The molecule has 1 aromatic rings. The quantitative estimate of drug-likeness (QED) is 0.597. The van der Waals surface area contributed by atoms with Gasteiger partial charge < -0.3 is 10.6 Å².